The lowest BCUT2D eigenvalue weighted by molar-refractivity contribution is 0.313. The van der Waals surface area contributed by atoms with Crippen molar-refractivity contribution in [2.75, 3.05) is 13.2 Å². The molecule has 0 amide bonds. The molecule has 2 atom stereocenters. The summed E-state index contributed by atoms with van der Waals surface area (Å²) in [7, 11) is 0. The highest BCUT2D eigenvalue weighted by Gasteiger charge is 2.18. The van der Waals surface area contributed by atoms with Gasteiger partial charge in [-0.2, -0.15) is 0 Å². The monoisotopic (exact) mass is 264 g/mol. The van der Waals surface area contributed by atoms with E-state index in [0.717, 1.165) is 38.2 Å². The Bertz CT molecular complexity index is 354. The minimum Gasteiger partial charge on any atom is -0.492 e. The topological polar surface area (TPSA) is 34.2 Å². The third kappa shape index (κ3) is 5.19. The molecule has 0 aliphatic carbocycles. The van der Waals surface area contributed by atoms with Crippen molar-refractivity contribution >= 4 is 0 Å². The molecule has 1 N–H and O–H groups in total. The molecule has 3 nitrogen and oxygen atoms in total. The average molecular weight is 264 g/mol. The van der Waals surface area contributed by atoms with E-state index in [-0.39, 0.29) is 0 Å². The van der Waals surface area contributed by atoms with Gasteiger partial charge >= 0.3 is 0 Å². The largest absolute Gasteiger partial charge is 0.492 e. The summed E-state index contributed by atoms with van der Waals surface area (Å²) in [5.41, 5.74) is 1.23. The second-order valence-electron chi connectivity index (χ2n) is 5.12. The van der Waals surface area contributed by atoms with Crippen LogP contribution in [0.1, 0.15) is 58.6 Å². The Kier molecular flexibility index (Phi) is 7.49. The molecule has 0 fully saturated rings. The van der Waals surface area contributed by atoms with Gasteiger partial charge in [-0.15, -0.1) is 0 Å². The van der Waals surface area contributed by atoms with Crippen LogP contribution in [0.4, 0.5) is 0 Å². The van der Waals surface area contributed by atoms with E-state index in [1.807, 2.05) is 6.20 Å². The van der Waals surface area contributed by atoms with Crippen LogP contribution in [-0.2, 0) is 0 Å². The summed E-state index contributed by atoms with van der Waals surface area (Å²) in [5, 5.41) is 3.62. The van der Waals surface area contributed by atoms with Gasteiger partial charge in [0.1, 0.15) is 5.75 Å². The first-order chi connectivity index (χ1) is 9.22. The van der Waals surface area contributed by atoms with E-state index in [9.17, 15) is 0 Å². The maximum absolute atomic E-state index is 5.67. The molecule has 2 unspecified atom stereocenters. The molecule has 1 aromatic rings. The van der Waals surface area contributed by atoms with E-state index in [2.05, 4.69) is 44.1 Å². The number of nitrogens with zero attached hydrogens (tertiary/aromatic N) is 1. The molecule has 0 saturated heterocycles. The molecule has 0 aliphatic heterocycles. The first-order valence-corrected chi connectivity index (χ1v) is 7.54. The molecule has 1 rings (SSSR count). The summed E-state index contributed by atoms with van der Waals surface area (Å²) in [5.74, 6) is 1.47. The quantitative estimate of drug-likeness (QED) is 0.733. The molecular weight excluding hydrogens is 236 g/mol. The third-order valence-electron chi connectivity index (χ3n) is 3.39. The number of pyridine rings is 1. The van der Waals surface area contributed by atoms with Crippen LogP contribution in [0.25, 0.3) is 0 Å². The standard InChI is InChI=1S/C16H28N2O/c1-5-8-18-16(13(4)7-3)14-10-15(12-17-11-14)19-9-6-2/h10-13,16,18H,5-9H2,1-4H3. The van der Waals surface area contributed by atoms with Gasteiger partial charge in [-0.05, 0) is 36.9 Å². The van der Waals surface area contributed by atoms with Gasteiger partial charge in [-0.1, -0.05) is 34.1 Å². The fraction of sp³-hybridized carbons (Fsp3) is 0.688. The van der Waals surface area contributed by atoms with Crippen LogP contribution >= 0.6 is 0 Å². The van der Waals surface area contributed by atoms with Gasteiger partial charge in [0.2, 0.25) is 0 Å². The van der Waals surface area contributed by atoms with Crippen LogP contribution in [0.2, 0.25) is 0 Å². The molecule has 1 heterocycles. The summed E-state index contributed by atoms with van der Waals surface area (Å²) in [6.45, 7) is 10.6. The van der Waals surface area contributed by atoms with E-state index in [0.29, 0.717) is 12.0 Å². The Morgan fingerprint density at radius 2 is 2.00 bits per heavy atom. The zero-order valence-corrected chi connectivity index (χ0v) is 12.8. The van der Waals surface area contributed by atoms with Gasteiger partial charge in [-0.25, -0.2) is 0 Å². The Morgan fingerprint density at radius 3 is 2.63 bits per heavy atom. The molecule has 0 spiro atoms. The normalized spacial score (nSPS) is 14.1. The SMILES string of the molecule is CCCNC(c1cncc(OCCC)c1)C(C)CC. The van der Waals surface area contributed by atoms with Crippen molar-refractivity contribution in [3.63, 3.8) is 0 Å². The first-order valence-electron chi connectivity index (χ1n) is 7.54. The van der Waals surface area contributed by atoms with Gasteiger partial charge in [0.15, 0.2) is 0 Å². The average Bonchev–Trinajstić information content (AvgIpc) is 2.45. The molecule has 0 aliphatic rings. The minimum absolute atomic E-state index is 0.364. The third-order valence-corrected chi connectivity index (χ3v) is 3.39. The lowest BCUT2D eigenvalue weighted by atomic mass is 9.93. The Labute approximate surface area is 117 Å². The smallest absolute Gasteiger partial charge is 0.137 e. The summed E-state index contributed by atoms with van der Waals surface area (Å²) in [4.78, 5) is 4.32. The summed E-state index contributed by atoms with van der Waals surface area (Å²) in [6.07, 6.45) is 7.08. The van der Waals surface area contributed by atoms with Gasteiger partial charge < -0.3 is 10.1 Å². The van der Waals surface area contributed by atoms with E-state index in [4.69, 9.17) is 4.74 Å². The Morgan fingerprint density at radius 1 is 1.21 bits per heavy atom. The molecular formula is C16H28N2O. The van der Waals surface area contributed by atoms with Crippen molar-refractivity contribution in [3.05, 3.63) is 24.0 Å². The van der Waals surface area contributed by atoms with Crippen LogP contribution in [0.15, 0.2) is 18.5 Å². The molecule has 108 valence electrons. The van der Waals surface area contributed by atoms with Crippen LogP contribution in [0.3, 0.4) is 0 Å². The predicted molar refractivity (Wildman–Crippen MR) is 80.5 cm³/mol. The number of aromatic nitrogens is 1. The highest BCUT2D eigenvalue weighted by molar-refractivity contribution is 5.26. The van der Waals surface area contributed by atoms with E-state index >= 15 is 0 Å². The van der Waals surface area contributed by atoms with Crippen molar-refractivity contribution in [1.29, 1.82) is 0 Å². The predicted octanol–water partition coefficient (Wildman–Crippen LogP) is 3.96. The van der Waals surface area contributed by atoms with Gasteiger partial charge in [0.25, 0.3) is 0 Å². The van der Waals surface area contributed by atoms with Gasteiger partial charge in [-0.3, -0.25) is 4.98 Å². The summed E-state index contributed by atoms with van der Waals surface area (Å²) in [6, 6.07) is 2.49. The molecule has 19 heavy (non-hydrogen) atoms. The van der Waals surface area contributed by atoms with Crippen LogP contribution in [0.5, 0.6) is 5.75 Å². The van der Waals surface area contributed by atoms with Crippen LogP contribution < -0.4 is 10.1 Å². The maximum atomic E-state index is 5.67. The van der Waals surface area contributed by atoms with Gasteiger partial charge in [0, 0.05) is 12.2 Å². The van der Waals surface area contributed by atoms with Crippen molar-refractivity contribution in [2.24, 2.45) is 5.92 Å². The van der Waals surface area contributed by atoms with E-state index in [1.54, 1.807) is 6.20 Å². The Hall–Kier alpha value is -1.09. The van der Waals surface area contributed by atoms with Crippen molar-refractivity contribution in [2.45, 2.75) is 53.0 Å². The number of ether oxygens (including phenoxy) is 1. The highest BCUT2D eigenvalue weighted by atomic mass is 16.5. The number of hydrogen-bond acceptors (Lipinski definition) is 3. The van der Waals surface area contributed by atoms with Crippen LogP contribution in [-0.4, -0.2) is 18.1 Å². The van der Waals surface area contributed by atoms with Gasteiger partial charge in [0.05, 0.1) is 12.8 Å². The maximum Gasteiger partial charge on any atom is 0.137 e. The lowest BCUT2D eigenvalue weighted by Gasteiger charge is -2.25. The van der Waals surface area contributed by atoms with Crippen molar-refractivity contribution in [1.82, 2.24) is 10.3 Å². The van der Waals surface area contributed by atoms with E-state index < -0.39 is 0 Å². The summed E-state index contributed by atoms with van der Waals surface area (Å²) >= 11 is 0. The number of nitrogens with one attached hydrogen (secondary N) is 1. The number of rotatable bonds is 9. The first kappa shape index (κ1) is 16.0. The fourth-order valence-corrected chi connectivity index (χ4v) is 2.09. The molecule has 0 radical (unpaired) electrons. The number of hydrogen-bond donors (Lipinski definition) is 1. The lowest BCUT2D eigenvalue weighted by Crippen LogP contribution is -2.27. The van der Waals surface area contributed by atoms with Crippen molar-refractivity contribution in [3.8, 4) is 5.75 Å². The van der Waals surface area contributed by atoms with E-state index in [1.165, 1.54) is 5.56 Å². The molecule has 0 bridgehead atoms. The zero-order valence-electron chi connectivity index (χ0n) is 12.8. The summed E-state index contributed by atoms with van der Waals surface area (Å²) < 4.78 is 5.67. The second-order valence-corrected chi connectivity index (χ2v) is 5.12. The van der Waals surface area contributed by atoms with Crippen LogP contribution in [0, 0.1) is 5.92 Å². The molecule has 0 saturated carbocycles. The molecule has 3 heteroatoms. The molecule has 0 aromatic carbocycles. The minimum atomic E-state index is 0.364. The fourth-order valence-electron chi connectivity index (χ4n) is 2.09. The molecule has 1 aromatic heterocycles. The second kappa shape index (κ2) is 8.92. The Balaban J connectivity index is 2.81. The zero-order chi connectivity index (χ0) is 14.1. The van der Waals surface area contributed by atoms with Crippen molar-refractivity contribution < 1.29 is 4.74 Å². The highest BCUT2D eigenvalue weighted by Crippen LogP contribution is 2.26.